The molecule has 0 spiro atoms. The summed E-state index contributed by atoms with van der Waals surface area (Å²) < 4.78 is 10.6. The second kappa shape index (κ2) is 7.50. The van der Waals surface area contributed by atoms with Gasteiger partial charge in [0.15, 0.2) is 0 Å². The molecule has 2 N–H and O–H groups in total. The molecule has 3 heteroatoms. The summed E-state index contributed by atoms with van der Waals surface area (Å²) in [5.74, 6) is 0. The molecule has 0 heterocycles. The van der Waals surface area contributed by atoms with Crippen molar-refractivity contribution < 1.29 is 9.47 Å². The van der Waals surface area contributed by atoms with Crippen molar-refractivity contribution in [2.45, 2.75) is 6.61 Å². The maximum absolute atomic E-state index is 5.40. The Balaban J connectivity index is 1.99. The molecule has 3 nitrogen and oxygen atoms in total. The number of benzene rings is 1. The van der Waals surface area contributed by atoms with Crippen LogP contribution in [0.1, 0.15) is 5.56 Å². The third-order valence-corrected chi connectivity index (χ3v) is 1.75. The van der Waals surface area contributed by atoms with E-state index in [0.29, 0.717) is 33.0 Å². The number of hydrogen-bond acceptors (Lipinski definition) is 3. The molecule has 0 atom stereocenters. The standard InChI is InChI=1S/C11H17NO2/c12-6-7-13-8-9-14-10-11-4-2-1-3-5-11/h1-5H,6-10,12H2. The van der Waals surface area contributed by atoms with Crippen LogP contribution in [0.3, 0.4) is 0 Å². The van der Waals surface area contributed by atoms with Crippen LogP contribution in [0.5, 0.6) is 0 Å². The molecule has 0 unspecified atom stereocenters. The fourth-order valence-electron chi connectivity index (χ4n) is 1.07. The molecule has 0 radical (unpaired) electrons. The fraction of sp³-hybridized carbons (Fsp3) is 0.455. The molecule has 0 amide bonds. The molecule has 14 heavy (non-hydrogen) atoms. The third-order valence-electron chi connectivity index (χ3n) is 1.75. The monoisotopic (exact) mass is 195 g/mol. The van der Waals surface area contributed by atoms with Crippen LogP contribution in [-0.2, 0) is 16.1 Å². The molecule has 0 fully saturated rings. The lowest BCUT2D eigenvalue weighted by atomic mass is 10.2. The van der Waals surface area contributed by atoms with Gasteiger partial charge >= 0.3 is 0 Å². The lowest BCUT2D eigenvalue weighted by Gasteiger charge is -2.04. The van der Waals surface area contributed by atoms with Gasteiger partial charge in [-0.15, -0.1) is 0 Å². The van der Waals surface area contributed by atoms with Crippen molar-refractivity contribution >= 4 is 0 Å². The minimum atomic E-state index is 0.568. The summed E-state index contributed by atoms with van der Waals surface area (Å²) >= 11 is 0. The van der Waals surface area contributed by atoms with E-state index in [0.717, 1.165) is 0 Å². The number of nitrogens with two attached hydrogens (primary N) is 1. The van der Waals surface area contributed by atoms with E-state index in [-0.39, 0.29) is 0 Å². The van der Waals surface area contributed by atoms with Crippen molar-refractivity contribution in [3.8, 4) is 0 Å². The molecular weight excluding hydrogens is 178 g/mol. The molecule has 0 bridgehead atoms. The number of ether oxygens (including phenoxy) is 2. The van der Waals surface area contributed by atoms with Crippen LogP contribution in [0.25, 0.3) is 0 Å². The number of rotatable bonds is 7. The van der Waals surface area contributed by atoms with E-state index in [2.05, 4.69) is 0 Å². The van der Waals surface area contributed by atoms with Crippen LogP contribution >= 0.6 is 0 Å². The summed E-state index contributed by atoms with van der Waals surface area (Å²) in [7, 11) is 0. The quantitative estimate of drug-likeness (QED) is 0.664. The molecule has 0 aromatic heterocycles. The van der Waals surface area contributed by atoms with Gasteiger partial charge in [-0.2, -0.15) is 0 Å². The maximum atomic E-state index is 5.40. The molecule has 0 aliphatic heterocycles. The van der Waals surface area contributed by atoms with Crippen molar-refractivity contribution in [1.82, 2.24) is 0 Å². The summed E-state index contributed by atoms with van der Waals surface area (Å²) in [4.78, 5) is 0. The first kappa shape index (κ1) is 11.2. The van der Waals surface area contributed by atoms with Crippen molar-refractivity contribution in [3.63, 3.8) is 0 Å². The molecular formula is C11H17NO2. The van der Waals surface area contributed by atoms with Gasteiger partial charge in [-0.3, -0.25) is 0 Å². The van der Waals surface area contributed by atoms with Crippen LogP contribution in [0.4, 0.5) is 0 Å². The van der Waals surface area contributed by atoms with Gasteiger partial charge in [0.2, 0.25) is 0 Å². The molecule has 0 saturated carbocycles. The highest BCUT2D eigenvalue weighted by atomic mass is 16.5. The highest BCUT2D eigenvalue weighted by Crippen LogP contribution is 1.99. The van der Waals surface area contributed by atoms with Gasteiger partial charge in [0.25, 0.3) is 0 Å². The first-order valence-corrected chi connectivity index (χ1v) is 4.83. The van der Waals surface area contributed by atoms with Gasteiger partial charge in [-0.25, -0.2) is 0 Å². The first-order chi connectivity index (χ1) is 6.93. The second-order valence-corrected chi connectivity index (χ2v) is 2.94. The van der Waals surface area contributed by atoms with E-state index in [1.165, 1.54) is 5.56 Å². The summed E-state index contributed by atoms with van der Waals surface area (Å²) in [6.07, 6.45) is 0. The predicted molar refractivity (Wildman–Crippen MR) is 56.0 cm³/mol. The fourth-order valence-corrected chi connectivity index (χ4v) is 1.07. The zero-order valence-electron chi connectivity index (χ0n) is 8.32. The topological polar surface area (TPSA) is 44.5 Å². The van der Waals surface area contributed by atoms with Crippen molar-refractivity contribution in [2.75, 3.05) is 26.4 Å². The van der Waals surface area contributed by atoms with Gasteiger partial charge in [-0.05, 0) is 5.56 Å². The van der Waals surface area contributed by atoms with E-state index in [4.69, 9.17) is 15.2 Å². The van der Waals surface area contributed by atoms with Crippen LogP contribution < -0.4 is 5.73 Å². The average Bonchev–Trinajstić information content (AvgIpc) is 2.25. The lowest BCUT2D eigenvalue weighted by Crippen LogP contribution is -2.11. The van der Waals surface area contributed by atoms with E-state index >= 15 is 0 Å². The van der Waals surface area contributed by atoms with E-state index in [1.54, 1.807) is 0 Å². The zero-order chi connectivity index (χ0) is 10.1. The van der Waals surface area contributed by atoms with Gasteiger partial charge in [0, 0.05) is 6.54 Å². The van der Waals surface area contributed by atoms with Crippen LogP contribution in [0, 0.1) is 0 Å². The zero-order valence-corrected chi connectivity index (χ0v) is 8.32. The minimum Gasteiger partial charge on any atom is -0.378 e. The minimum absolute atomic E-state index is 0.568. The second-order valence-electron chi connectivity index (χ2n) is 2.94. The average molecular weight is 195 g/mol. The summed E-state index contributed by atoms with van der Waals surface area (Å²) in [6, 6.07) is 10.1. The molecule has 0 saturated heterocycles. The summed E-state index contributed by atoms with van der Waals surface area (Å²) in [5, 5.41) is 0. The predicted octanol–water partition coefficient (Wildman–Crippen LogP) is 1.18. The molecule has 0 aliphatic rings. The van der Waals surface area contributed by atoms with Gasteiger partial charge in [0.05, 0.1) is 26.4 Å². The first-order valence-electron chi connectivity index (χ1n) is 4.83. The Kier molecular flexibility index (Phi) is 5.99. The molecule has 1 aromatic rings. The van der Waals surface area contributed by atoms with Crippen molar-refractivity contribution in [3.05, 3.63) is 35.9 Å². The Labute approximate surface area is 84.8 Å². The SMILES string of the molecule is NCCOCCOCc1ccccc1. The maximum Gasteiger partial charge on any atom is 0.0718 e. The Hall–Kier alpha value is -0.900. The van der Waals surface area contributed by atoms with Crippen LogP contribution in [0.15, 0.2) is 30.3 Å². The Morgan fingerprint density at radius 1 is 0.929 bits per heavy atom. The molecule has 78 valence electrons. The van der Waals surface area contributed by atoms with Crippen LogP contribution in [0.2, 0.25) is 0 Å². The largest absolute Gasteiger partial charge is 0.378 e. The van der Waals surface area contributed by atoms with Gasteiger partial charge in [0.1, 0.15) is 0 Å². The van der Waals surface area contributed by atoms with E-state index in [1.807, 2.05) is 30.3 Å². The molecule has 1 aromatic carbocycles. The van der Waals surface area contributed by atoms with Gasteiger partial charge < -0.3 is 15.2 Å². The highest BCUT2D eigenvalue weighted by molar-refractivity contribution is 5.13. The lowest BCUT2D eigenvalue weighted by molar-refractivity contribution is 0.0433. The van der Waals surface area contributed by atoms with E-state index < -0.39 is 0 Å². The Morgan fingerprint density at radius 2 is 1.64 bits per heavy atom. The van der Waals surface area contributed by atoms with Crippen molar-refractivity contribution in [2.24, 2.45) is 5.73 Å². The Bertz CT molecular complexity index is 226. The smallest absolute Gasteiger partial charge is 0.0718 e. The third kappa shape index (κ3) is 4.97. The summed E-state index contributed by atoms with van der Waals surface area (Å²) in [5.41, 5.74) is 6.45. The highest BCUT2D eigenvalue weighted by Gasteiger charge is 1.91. The normalized spacial score (nSPS) is 10.4. The molecule has 1 rings (SSSR count). The van der Waals surface area contributed by atoms with Crippen molar-refractivity contribution in [1.29, 1.82) is 0 Å². The molecule has 0 aliphatic carbocycles. The number of hydrogen-bond donors (Lipinski definition) is 1. The summed E-state index contributed by atoms with van der Waals surface area (Å²) in [6.45, 7) is 3.05. The van der Waals surface area contributed by atoms with Crippen LogP contribution in [-0.4, -0.2) is 26.4 Å². The Morgan fingerprint density at radius 3 is 2.36 bits per heavy atom. The van der Waals surface area contributed by atoms with Gasteiger partial charge in [-0.1, -0.05) is 30.3 Å². The van der Waals surface area contributed by atoms with E-state index in [9.17, 15) is 0 Å².